The van der Waals surface area contributed by atoms with Gasteiger partial charge in [0.05, 0.1) is 11.1 Å². The normalized spacial score (nSPS) is 10.6. The number of hydrogen-bond donors (Lipinski definition) is 5. The Hall–Kier alpha value is -5.44. The van der Waals surface area contributed by atoms with Crippen molar-refractivity contribution in [3.8, 4) is 16.9 Å². The molecule has 214 valence electrons. The lowest BCUT2D eigenvalue weighted by molar-refractivity contribution is 0.0697. The van der Waals surface area contributed by atoms with Crippen molar-refractivity contribution in [2.24, 2.45) is 11.7 Å². The first-order chi connectivity index (χ1) is 20.1. The molecule has 0 atom stereocenters. The Morgan fingerprint density at radius 1 is 0.833 bits per heavy atom. The van der Waals surface area contributed by atoms with E-state index in [0.29, 0.717) is 29.1 Å². The van der Waals surface area contributed by atoms with Crippen molar-refractivity contribution < 1.29 is 24.2 Å². The highest BCUT2D eigenvalue weighted by Crippen LogP contribution is 2.32. The molecule has 9 nitrogen and oxygen atoms in total. The van der Waals surface area contributed by atoms with Gasteiger partial charge in [-0.25, -0.2) is 4.79 Å². The summed E-state index contributed by atoms with van der Waals surface area (Å²) >= 11 is 0. The quantitative estimate of drug-likeness (QED) is 0.119. The molecule has 4 rings (SSSR count). The molecule has 0 saturated heterocycles. The Bertz CT molecular complexity index is 1620. The number of amidine groups is 1. The van der Waals surface area contributed by atoms with Gasteiger partial charge in [0, 0.05) is 23.4 Å². The van der Waals surface area contributed by atoms with Gasteiger partial charge in [-0.3, -0.25) is 15.0 Å². The third kappa shape index (κ3) is 7.39. The minimum absolute atomic E-state index is 0.0963. The molecule has 42 heavy (non-hydrogen) atoms. The lowest BCUT2D eigenvalue weighted by atomic mass is 9.93. The highest BCUT2D eigenvalue weighted by molar-refractivity contribution is 6.11. The van der Waals surface area contributed by atoms with Crippen molar-refractivity contribution in [1.29, 1.82) is 5.41 Å². The minimum atomic E-state index is -1.24. The van der Waals surface area contributed by atoms with Crippen molar-refractivity contribution in [3.63, 3.8) is 0 Å². The minimum Gasteiger partial charge on any atom is -0.489 e. The summed E-state index contributed by atoms with van der Waals surface area (Å²) in [6, 6.07) is 25.3. The highest BCUT2D eigenvalue weighted by atomic mass is 16.5. The zero-order valence-corrected chi connectivity index (χ0v) is 23.3. The monoisotopic (exact) mass is 564 g/mol. The second-order valence-electron chi connectivity index (χ2n) is 10.1. The molecule has 0 aromatic heterocycles. The SMILES string of the molecule is CC(C)CNC(=O)c1ccc(-c2ccc(OCc3ccccc3)cc2C(=O)Nc2ccc(C(=N)N)cc2)c(C(=O)O)c1. The Kier molecular flexibility index (Phi) is 9.34. The van der Waals surface area contributed by atoms with Crippen molar-refractivity contribution in [1.82, 2.24) is 5.32 Å². The summed E-state index contributed by atoms with van der Waals surface area (Å²) in [6.45, 7) is 4.65. The molecule has 0 saturated carbocycles. The van der Waals surface area contributed by atoms with E-state index < -0.39 is 11.9 Å². The molecule has 0 fully saturated rings. The van der Waals surface area contributed by atoms with E-state index in [4.69, 9.17) is 15.9 Å². The van der Waals surface area contributed by atoms with Gasteiger partial charge < -0.3 is 26.2 Å². The van der Waals surface area contributed by atoms with Gasteiger partial charge in [0.25, 0.3) is 11.8 Å². The molecule has 2 amide bonds. The summed E-state index contributed by atoms with van der Waals surface area (Å²) in [5.41, 5.74) is 8.33. The van der Waals surface area contributed by atoms with E-state index in [9.17, 15) is 19.5 Å². The van der Waals surface area contributed by atoms with Gasteiger partial charge in [-0.1, -0.05) is 50.2 Å². The first-order valence-corrected chi connectivity index (χ1v) is 13.3. The Balaban J connectivity index is 1.72. The summed E-state index contributed by atoms with van der Waals surface area (Å²) in [5.74, 6) is -1.56. The molecule has 0 aliphatic carbocycles. The number of nitrogen functional groups attached to an aromatic ring is 1. The third-order valence-electron chi connectivity index (χ3n) is 6.41. The van der Waals surface area contributed by atoms with Crippen LogP contribution in [0.3, 0.4) is 0 Å². The molecule has 0 aliphatic rings. The molecular formula is C33H32N4O5. The Morgan fingerprint density at radius 2 is 1.48 bits per heavy atom. The number of carbonyl (C=O) groups excluding carboxylic acids is 2. The number of amides is 2. The van der Waals surface area contributed by atoms with E-state index in [1.807, 2.05) is 44.2 Å². The number of rotatable bonds is 11. The molecule has 6 N–H and O–H groups in total. The van der Waals surface area contributed by atoms with Crippen LogP contribution in [-0.4, -0.2) is 35.3 Å². The zero-order chi connectivity index (χ0) is 30.2. The molecule has 4 aromatic carbocycles. The summed E-state index contributed by atoms with van der Waals surface area (Å²) in [4.78, 5) is 38.6. The lowest BCUT2D eigenvalue weighted by Gasteiger charge is -2.16. The topological polar surface area (TPSA) is 155 Å². The predicted octanol–water partition coefficient (Wildman–Crippen LogP) is 5.55. The number of carbonyl (C=O) groups is 3. The average molecular weight is 565 g/mol. The van der Waals surface area contributed by atoms with Gasteiger partial charge in [0.2, 0.25) is 0 Å². The summed E-state index contributed by atoms with van der Waals surface area (Å²) < 4.78 is 5.95. The van der Waals surface area contributed by atoms with Crippen LogP contribution in [0.1, 0.15) is 56.0 Å². The fourth-order valence-electron chi connectivity index (χ4n) is 4.20. The van der Waals surface area contributed by atoms with Crippen molar-refractivity contribution in [2.45, 2.75) is 20.5 Å². The van der Waals surface area contributed by atoms with Crippen LogP contribution in [-0.2, 0) is 6.61 Å². The van der Waals surface area contributed by atoms with Crippen molar-refractivity contribution in [2.75, 3.05) is 11.9 Å². The van der Waals surface area contributed by atoms with E-state index in [1.54, 1.807) is 48.5 Å². The molecule has 0 unspecified atom stereocenters. The van der Waals surface area contributed by atoms with Crippen LogP contribution in [0, 0.1) is 11.3 Å². The second kappa shape index (κ2) is 13.3. The molecule has 4 aromatic rings. The van der Waals surface area contributed by atoms with Crippen LogP contribution in [0.5, 0.6) is 5.75 Å². The second-order valence-corrected chi connectivity index (χ2v) is 10.1. The van der Waals surface area contributed by atoms with Crippen LogP contribution in [0.25, 0.3) is 11.1 Å². The van der Waals surface area contributed by atoms with Crippen LogP contribution >= 0.6 is 0 Å². The maximum atomic E-state index is 13.6. The number of nitrogens with one attached hydrogen (secondary N) is 3. The molecule has 0 heterocycles. The third-order valence-corrected chi connectivity index (χ3v) is 6.41. The Labute approximate surface area is 243 Å². The standard InChI is InChI=1S/C33H32N4O5/c1-20(2)18-36-31(38)23-10-14-27(29(16-23)33(40)41)26-15-13-25(42-19-21-6-4-3-5-7-21)17-28(26)32(39)37-24-11-8-22(9-12-24)30(34)35/h3-17,20H,18-19H2,1-2H3,(H3,34,35)(H,36,38)(H,37,39)(H,40,41). The average Bonchev–Trinajstić information content (AvgIpc) is 2.99. The Morgan fingerprint density at radius 3 is 2.12 bits per heavy atom. The predicted molar refractivity (Wildman–Crippen MR) is 162 cm³/mol. The molecule has 9 heteroatoms. The molecule has 0 bridgehead atoms. The van der Waals surface area contributed by atoms with Gasteiger partial charge in [-0.15, -0.1) is 0 Å². The number of carboxylic acid groups (broad SMARTS) is 1. The highest BCUT2D eigenvalue weighted by Gasteiger charge is 2.21. The number of aromatic carboxylic acids is 1. The molecule has 0 radical (unpaired) electrons. The van der Waals surface area contributed by atoms with Gasteiger partial charge in [-0.2, -0.15) is 0 Å². The first-order valence-electron chi connectivity index (χ1n) is 13.3. The van der Waals surface area contributed by atoms with Crippen LogP contribution in [0.15, 0.2) is 91.0 Å². The van der Waals surface area contributed by atoms with Crippen LogP contribution in [0.2, 0.25) is 0 Å². The maximum Gasteiger partial charge on any atom is 0.336 e. The van der Waals surface area contributed by atoms with Gasteiger partial charge >= 0.3 is 5.97 Å². The first kappa shape index (κ1) is 29.5. The summed E-state index contributed by atoms with van der Waals surface area (Å²) in [6.07, 6.45) is 0. The van der Waals surface area contributed by atoms with Crippen LogP contribution in [0.4, 0.5) is 5.69 Å². The fourth-order valence-corrected chi connectivity index (χ4v) is 4.20. The number of ether oxygens (including phenoxy) is 1. The van der Waals surface area contributed by atoms with E-state index >= 15 is 0 Å². The number of anilines is 1. The van der Waals surface area contributed by atoms with Gasteiger partial charge in [-0.05, 0) is 77.2 Å². The maximum absolute atomic E-state index is 13.6. The largest absolute Gasteiger partial charge is 0.489 e. The van der Waals surface area contributed by atoms with E-state index in [2.05, 4.69) is 10.6 Å². The summed E-state index contributed by atoms with van der Waals surface area (Å²) in [7, 11) is 0. The number of benzene rings is 4. The van der Waals surface area contributed by atoms with E-state index in [-0.39, 0.29) is 46.5 Å². The molecule has 0 aliphatic heterocycles. The number of carboxylic acids is 1. The number of nitrogens with two attached hydrogens (primary N) is 1. The zero-order valence-electron chi connectivity index (χ0n) is 23.3. The van der Waals surface area contributed by atoms with Crippen molar-refractivity contribution >= 4 is 29.3 Å². The van der Waals surface area contributed by atoms with Gasteiger partial charge in [0.15, 0.2) is 0 Å². The number of hydrogen-bond acceptors (Lipinski definition) is 5. The summed E-state index contributed by atoms with van der Waals surface area (Å²) in [5, 5.41) is 23.3. The lowest BCUT2D eigenvalue weighted by Crippen LogP contribution is -2.27. The molecule has 0 spiro atoms. The van der Waals surface area contributed by atoms with E-state index in [1.165, 1.54) is 12.1 Å². The van der Waals surface area contributed by atoms with Crippen LogP contribution < -0.4 is 21.1 Å². The fraction of sp³-hybridized carbons (Fsp3) is 0.152. The van der Waals surface area contributed by atoms with Gasteiger partial charge in [0.1, 0.15) is 18.2 Å². The smallest absolute Gasteiger partial charge is 0.336 e. The molecular weight excluding hydrogens is 532 g/mol. The van der Waals surface area contributed by atoms with Crippen molar-refractivity contribution in [3.05, 3.63) is 119 Å². The van der Waals surface area contributed by atoms with E-state index in [0.717, 1.165) is 5.56 Å².